The Morgan fingerprint density at radius 2 is 2.20 bits per heavy atom. The molecule has 7 heteroatoms. The molecule has 0 spiro atoms. The van der Waals surface area contributed by atoms with Crippen molar-refractivity contribution in [3.63, 3.8) is 0 Å². The Labute approximate surface area is 117 Å². The monoisotopic (exact) mass is 303 g/mol. The summed E-state index contributed by atoms with van der Waals surface area (Å²) in [5.41, 5.74) is 0.181. The summed E-state index contributed by atoms with van der Waals surface area (Å²) in [6.07, 6.45) is 2.12. The first-order valence-corrected chi connectivity index (χ1v) is 7.89. The fourth-order valence-electron chi connectivity index (χ4n) is 2.45. The van der Waals surface area contributed by atoms with Crippen molar-refractivity contribution in [3.8, 4) is 0 Å². The lowest BCUT2D eigenvalue weighted by atomic mass is 10.2. The second kappa shape index (κ2) is 6.17. The molecule has 1 aromatic rings. The van der Waals surface area contributed by atoms with Gasteiger partial charge in [-0.25, -0.2) is 17.5 Å². The van der Waals surface area contributed by atoms with Crippen LogP contribution in [0.15, 0.2) is 23.1 Å². The van der Waals surface area contributed by atoms with Crippen molar-refractivity contribution in [2.24, 2.45) is 0 Å². The SMILES string of the molecule is COC1CCC(NS(=O)(=O)c2cc(F)ccc2CO)C1. The van der Waals surface area contributed by atoms with E-state index in [9.17, 15) is 17.9 Å². The van der Waals surface area contributed by atoms with E-state index in [0.717, 1.165) is 18.6 Å². The summed E-state index contributed by atoms with van der Waals surface area (Å²) in [6.45, 7) is -0.456. The fraction of sp³-hybridized carbons (Fsp3) is 0.538. The van der Waals surface area contributed by atoms with Crippen LogP contribution in [0.3, 0.4) is 0 Å². The van der Waals surface area contributed by atoms with Crippen LogP contribution in [0, 0.1) is 5.82 Å². The van der Waals surface area contributed by atoms with Crippen LogP contribution in [0.5, 0.6) is 0 Å². The molecule has 1 aliphatic rings. The number of aliphatic hydroxyl groups excluding tert-OH is 1. The largest absolute Gasteiger partial charge is 0.392 e. The van der Waals surface area contributed by atoms with Crippen LogP contribution >= 0.6 is 0 Å². The van der Waals surface area contributed by atoms with E-state index in [1.807, 2.05) is 0 Å². The second-order valence-corrected chi connectivity index (χ2v) is 6.58. The quantitative estimate of drug-likeness (QED) is 0.856. The summed E-state index contributed by atoms with van der Waals surface area (Å²) in [5, 5.41) is 9.18. The highest BCUT2D eigenvalue weighted by Crippen LogP contribution is 2.24. The normalized spacial score (nSPS) is 23.1. The van der Waals surface area contributed by atoms with Crippen molar-refractivity contribution in [2.75, 3.05) is 7.11 Å². The molecule has 5 nitrogen and oxygen atoms in total. The molecule has 0 aromatic heterocycles. The van der Waals surface area contributed by atoms with Gasteiger partial charge < -0.3 is 9.84 Å². The molecule has 1 aromatic carbocycles. The number of hydrogen-bond acceptors (Lipinski definition) is 4. The molecule has 1 fully saturated rings. The Bertz CT molecular complexity index is 576. The van der Waals surface area contributed by atoms with Crippen molar-refractivity contribution < 1.29 is 22.7 Å². The second-order valence-electron chi connectivity index (χ2n) is 4.90. The number of nitrogens with one attached hydrogen (secondary N) is 1. The smallest absolute Gasteiger partial charge is 0.241 e. The van der Waals surface area contributed by atoms with E-state index in [-0.39, 0.29) is 22.6 Å². The van der Waals surface area contributed by atoms with Gasteiger partial charge in [0.15, 0.2) is 0 Å². The van der Waals surface area contributed by atoms with Gasteiger partial charge in [0.2, 0.25) is 10.0 Å². The standard InChI is InChI=1S/C13H18FNO4S/c1-19-12-5-4-11(7-12)15-20(17,18)13-6-10(14)3-2-9(13)8-16/h2-3,6,11-12,15-16H,4-5,7-8H2,1H3. The third-order valence-electron chi connectivity index (χ3n) is 3.53. The highest BCUT2D eigenvalue weighted by molar-refractivity contribution is 7.89. The zero-order valence-electron chi connectivity index (χ0n) is 11.2. The van der Waals surface area contributed by atoms with Crippen LogP contribution in [0.1, 0.15) is 24.8 Å². The summed E-state index contributed by atoms with van der Waals surface area (Å²) in [7, 11) is -2.25. The molecule has 112 valence electrons. The first-order chi connectivity index (χ1) is 9.46. The summed E-state index contributed by atoms with van der Waals surface area (Å²) in [6, 6.07) is 3.11. The van der Waals surface area contributed by atoms with Crippen molar-refractivity contribution in [2.45, 2.75) is 42.9 Å². The molecular formula is C13H18FNO4S. The average Bonchev–Trinajstić information content (AvgIpc) is 2.85. The fourth-order valence-corrected chi connectivity index (χ4v) is 3.98. The van der Waals surface area contributed by atoms with Crippen LogP contribution in [-0.4, -0.2) is 32.8 Å². The highest BCUT2D eigenvalue weighted by atomic mass is 32.2. The van der Waals surface area contributed by atoms with Crippen LogP contribution in [0.4, 0.5) is 4.39 Å². The molecular weight excluding hydrogens is 285 g/mol. The average molecular weight is 303 g/mol. The van der Waals surface area contributed by atoms with E-state index < -0.39 is 22.4 Å². The summed E-state index contributed by atoms with van der Waals surface area (Å²) in [4.78, 5) is -0.208. The Morgan fingerprint density at radius 3 is 2.80 bits per heavy atom. The lowest BCUT2D eigenvalue weighted by Gasteiger charge is -2.15. The molecule has 0 heterocycles. The molecule has 0 aliphatic heterocycles. The molecule has 2 atom stereocenters. The molecule has 0 bridgehead atoms. The number of hydrogen-bond donors (Lipinski definition) is 2. The van der Waals surface area contributed by atoms with Gasteiger partial charge in [0.25, 0.3) is 0 Å². The highest BCUT2D eigenvalue weighted by Gasteiger charge is 2.29. The lowest BCUT2D eigenvalue weighted by Crippen LogP contribution is -2.34. The van der Waals surface area contributed by atoms with E-state index in [0.29, 0.717) is 12.8 Å². The van der Waals surface area contributed by atoms with E-state index in [4.69, 9.17) is 4.74 Å². The number of benzene rings is 1. The van der Waals surface area contributed by atoms with Gasteiger partial charge in [-0.15, -0.1) is 0 Å². The van der Waals surface area contributed by atoms with Crippen LogP contribution in [0.25, 0.3) is 0 Å². The third kappa shape index (κ3) is 3.35. The predicted molar refractivity (Wildman–Crippen MR) is 71.1 cm³/mol. The summed E-state index contributed by atoms with van der Waals surface area (Å²) in [5.74, 6) is -0.649. The predicted octanol–water partition coefficient (Wildman–Crippen LogP) is 1.16. The Kier molecular flexibility index (Phi) is 4.74. The molecule has 20 heavy (non-hydrogen) atoms. The number of aliphatic hydroxyl groups is 1. The summed E-state index contributed by atoms with van der Waals surface area (Å²) < 4.78 is 45.6. The van der Waals surface area contributed by atoms with Gasteiger partial charge >= 0.3 is 0 Å². The maximum Gasteiger partial charge on any atom is 0.241 e. The van der Waals surface area contributed by atoms with Gasteiger partial charge in [-0.2, -0.15) is 0 Å². The van der Waals surface area contributed by atoms with Gasteiger partial charge in [-0.3, -0.25) is 0 Å². The van der Waals surface area contributed by atoms with Crippen molar-refractivity contribution >= 4 is 10.0 Å². The lowest BCUT2D eigenvalue weighted by molar-refractivity contribution is 0.107. The van der Waals surface area contributed by atoms with Gasteiger partial charge in [0.1, 0.15) is 5.82 Å². The minimum atomic E-state index is -3.85. The van der Waals surface area contributed by atoms with Gasteiger partial charge in [-0.05, 0) is 37.0 Å². The van der Waals surface area contributed by atoms with Gasteiger partial charge in [0.05, 0.1) is 17.6 Å². The molecule has 0 amide bonds. The zero-order valence-corrected chi connectivity index (χ0v) is 12.0. The number of halogens is 1. The zero-order chi connectivity index (χ0) is 14.8. The van der Waals surface area contributed by atoms with E-state index in [2.05, 4.69) is 4.72 Å². The third-order valence-corrected chi connectivity index (χ3v) is 5.13. The van der Waals surface area contributed by atoms with E-state index in [1.54, 1.807) is 7.11 Å². The first kappa shape index (κ1) is 15.4. The van der Waals surface area contributed by atoms with Crippen molar-refractivity contribution in [1.29, 1.82) is 0 Å². The number of methoxy groups -OCH3 is 1. The minimum Gasteiger partial charge on any atom is -0.392 e. The number of ether oxygens (including phenoxy) is 1. The van der Waals surface area contributed by atoms with E-state index in [1.165, 1.54) is 6.07 Å². The van der Waals surface area contributed by atoms with E-state index >= 15 is 0 Å². The maximum atomic E-state index is 13.3. The molecule has 2 N–H and O–H groups in total. The topological polar surface area (TPSA) is 75.6 Å². The molecule has 1 aliphatic carbocycles. The molecule has 0 saturated heterocycles. The molecule has 0 radical (unpaired) electrons. The van der Waals surface area contributed by atoms with Crippen LogP contribution < -0.4 is 4.72 Å². The van der Waals surface area contributed by atoms with Gasteiger partial charge in [0, 0.05) is 13.2 Å². The molecule has 2 unspecified atom stereocenters. The van der Waals surface area contributed by atoms with Crippen molar-refractivity contribution in [1.82, 2.24) is 4.72 Å². The number of sulfonamides is 1. The van der Waals surface area contributed by atoms with Crippen LogP contribution in [-0.2, 0) is 21.4 Å². The Hall–Kier alpha value is -1.02. The Balaban J connectivity index is 2.20. The number of rotatable bonds is 5. The maximum absolute atomic E-state index is 13.3. The molecule has 1 saturated carbocycles. The van der Waals surface area contributed by atoms with Crippen molar-refractivity contribution in [3.05, 3.63) is 29.6 Å². The van der Waals surface area contributed by atoms with Gasteiger partial charge in [-0.1, -0.05) is 6.07 Å². The first-order valence-electron chi connectivity index (χ1n) is 6.40. The minimum absolute atomic E-state index is 0.0486. The Morgan fingerprint density at radius 1 is 1.45 bits per heavy atom. The van der Waals surface area contributed by atoms with Crippen LogP contribution in [0.2, 0.25) is 0 Å². The molecule has 2 rings (SSSR count). The summed E-state index contributed by atoms with van der Waals surface area (Å²) >= 11 is 0.